The summed E-state index contributed by atoms with van der Waals surface area (Å²) in [7, 11) is 0. The molecule has 0 radical (unpaired) electrons. The zero-order valence-electron chi connectivity index (χ0n) is 14.6. The Bertz CT molecular complexity index is 770. The number of anilines is 1. The highest BCUT2D eigenvalue weighted by Crippen LogP contribution is 2.30. The SMILES string of the molecule is CCNC(=O)COc1cccc(NC(=O)C(C)Sc2ccccc2Cl)c1. The molecular weight excluding hydrogens is 372 g/mol. The molecule has 5 nitrogen and oxygen atoms in total. The third-order valence-electron chi connectivity index (χ3n) is 3.36. The zero-order valence-corrected chi connectivity index (χ0v) is 16.2. The second-order valence-corrected chi connectivity index (χ2v) is 7.24. The van der Waals surface area contributed by atoms with Gasteiger partial charge in [-0.15, -0.1) is 11.8 Å². The predicted molar refractivity (Wildman–Crippen MR) is 106 cm³/mol. The maximum absolute atomic E-state index is 12.4. The average Bonchev–Trinajstić information content (AvgIpc) is 2.62. The fraction of sp³-hybridized carbons (Fsp3) is 0.263. The van der Waals surface area contributed by atoms with Crippen LogP contribution in [0.1, 0.15) is 13.8 Å². The quantitative estimate of drug-likeness (QED) is 0.667. The number of carbonyl (C=O) groups is 2. The van der Waals surface area contributed by atoms with Crippen LogP contribution in [-0.4, -0.2) is 30.2 Å². The first kappa shape index (κ1) is 20.1. The second-order valence-electron chi connectivity index (χ2n) is 5.45. The summed E-state index contributed by atoms with van der Waals surface area (Å²) >= 11 is 7.53. The number of rotatable bonds is 8. The van der Waals surface area contributed by atoms with Crippen LogP contribution in [0.4, 0.5) is 5.69 Å². The third kappa shape index (κ3) is 6.28. The molecule has 0 aliphatic heterocycles. The number of amides is 2. The number of carbonyl (C=O) groups excluding carboxylic acids is 2. The van der Waals surface area contributed by atoms with Crippen LogP contribution >= 0.6 is 23.4 Å². The standard InChI is InChI=1S/C19H21ClN2O3S/c1-3-21-18(23)12-25-15-8-6-7-14(11-15)22-19(24)13(2)26-17-10-5-4-9-16(17)20/h4-11,13H,3,12H2,1-2H3,(H,21,23)(H,22,24). The van der Waals surface area contributed by atoms with Crippen molar-refractivity contribution in [2.45, 2.75) is 24.0 Å². The first-order chi connectivity index (χ1) is 12.5. The average molecular weight is 393 g/mol. The van der Waals surface area contributed by atoms with Crippen molar-refractivity contribution in [3.63, 3.8) is 0 Å². The molecule has 1 atom stereocenters. The van der Waals surface area contributed by atoms with E-state index >= 15 is 0 Å². The highest BCUT2D eigenvalue weighted by atomic mass is 35.5. The van der Waals surface area contributed by atoms with Crippen molar-refractivity contribution in [1.29, 1.82) is 0 Å². The van der Waals surface area contributed by atoms with Gasteiger partial charge in [-0.2, -0.15) is 0 Å². The molecule has 0 bridgehead atoms. The van der Waals surface area contributed by atoms with Gasteiger partial charge in [0.25, 0.3) is 5.91 Å². The van der Waals surface area contributed by atoms with E-state index in [4.69, 9.17) is 16.3 Å². The van der Waals surface area contributed by atoms with Gasteiger partial charge in [0.05, 0.1) is 10.3 Å². The Hall–Kier alpha value is -2.18. The predicted octanol–water partition coefficient (Wildman–Crippen LogP) is 3.97. The molecule has 0 heterocycles. The molecule has 2 rings (SSSR count). The maximum Gasteiger partial charge on any atom is 0.257 e. The molecule has 2 N–H and O–H groups in total. The molecular formula is C19H21ClN2O3S. The number of hydrogen-bond acceptors (Lipinski definition) is 4. The number of likely N-dealkylation sites (N-methyl/N-ethyl adjacent to an activating group) is 1. The van der Waals surface area contributed by atoms with E-state index in [0.717, 1.165) is 4.90 Å². The topological polar surface area (TPSA) is 67.4 Å². The number of ether oxygens (including phenoxy) is 1. The van der Waals surface area contributed by atoms with Crippen molar-refractivity contribution in [2.24, 2.45) is 0 Å². The maximum atomic E-state index is 12.4. The number of nitrogens with one attached hydrogen (secondary N) is 2. The molecule has 138 valence electrons. The van der Waals surface area contributed by atoms with Gasteiger partial charge in [0.2, 0.25) is 5.91 Å². The molecule has 0 fully saturated rings. The Morgan fingerprint density at radius 1 is 1.19 bits per heavy atom. The van der Waals surface area contributed by atoms with Crippen molar-refractivity contribution in [1.82, 2.24) is 5.32 Å². The minimum Gasteiger partial charge on any atom is -0.484 e. The molecule has 1 unspecified atom stereocenters. The molecule has 0 aromatic heterocycles. The van der Waals surface area contributed by atoms with E-state index in [2.05, 4.69) is 10.6 Å². The fourth-order valence-corrected chi connectivity index (χ4v) is 3.24. The number of thioether (sulfide) groups is 1. The summed E-state index contributed by atoms with van der Waals surface area (Å²) in [4.78, 5) is 24.7. The van der Waals surface area contributed by atoms with Crippen LogP contribution in [0.2, 0.25) is 5.02 Å². The fourth-order valence-electron chi connectivity index (χ4n) is 2.09. The lowest BCUT2D eigenvalue weighted by Gasteiger charge is -2.13. The molecule has 2 amide bonds. The molecule has 2 aromatic rings. The van der Waals surface area contributed by atoms with Crippen molar-refractivity contribution in [2.75, 3.05) is 18.5 Å². The van der Waals surface area contributed by atoms with Gasteiger partial charge in [-0.1, -0.05) is 29.8 Å². The highest BCUT2D eigenvalue weighted by molar-refractivity contribution is 8.00. The monoisotopic (exact) mass is 392 g/mol. The number of halogens is 1. The van der Waals surface area contributed by atoms with E-state index in [1.54, 1.807) is 30.3 Å². The summed E-state index contributed by atoms with van der Waals surface area (Å²) in [5.41, 5.74) is 0.606. The second kappa shape index (κ2) is 10.1. The van der Waals surface area contributed by atoms with Crippen LogP contribution in [0.5, 0.6) is 5.75 Å². The van der Waals surface area contributed by atoms with Crippen LogP contribution in [0, 0.1) is 0 Å². The first-order valence-corrected chi connectivity index (χ1v) is 9.47. The summed E-state index contributed by atoms with van der Waals surface area (Å²) in [6.45, 7) is 4.15. The molecule has 0 aliphatic rings. The lowest BCUT2D eigenvalue weighted by molar-refractivity contribution is -0.123. The van der Waals surface area contributed by atoms with Crippen molar-refractivity contribution < 1.29 is 14.3 Å². The zero-order chi connectivity index (χ0) is 18.9. The van der Waals surface area contributed by atoms with Crippen LogP contribution in [-0.2, 0) is 9.59 Å². The van der Waals surface area contributed by atoms with E-state index in [9.17, 15) is 9.59 Å². The summed E-state index contributed by atoms with van der Waals surface area (Å²) in [6, 6.07) is 14.4. The normalized spacial score (nSPS) is 11.5. The Labute approximate surface area is 162 Å². The van der Waals surface area contributed by atoms with E-state index in [0.29, 0.717) is 23.0 Å². The van der Waals surface area contributed by atoms with Crippen molar-refractivity contribution in [3.05, 3.63) is 53.6 Å². The van der Waals surface area contributed by atoms with Crippen molar-refractivity contribution in [3.8, 4) is 5.75 Å². The Morgan fingerprint density at radius 3 is 2.69 bits per heavy atom. The molecule has 2 aromatic carbocycles. The van der Waals surface area contributed by atoms with E-state index in [1.807, 2.05) is 32.0 Å². The molecule has 0 saturated carbocycles. The van der Waals surface area contributed by atoms with E-state index < -0.39 is 0 Å². The van der Waals surface area contributed by atoms with Crippen LogP contribution < -0.4 is 15.4 Å². The van der Waals surface area contributed by atoms with E-state index in [-0.39, 0.29) is 23.7 Å². The number of benzene rings is 2. The third-order valence-corrected chi connectivity index (χ3v) is 4.97. The molecule has 7 heteroatoms. The summed E-state index contributed by atoms with van der Waals surface area (Å²) in [5, 5.41) is 5.81. The van der Waals surface area contributed by atoms with Gasteiger partial charge >= 0.3 is 0 Å². The Kier molecular flexibility index (Phi) is 7.81. The molecule has 0 saturated heterocycles. The van der Waals surface area contributed by atoms with Gasteiger partial charge in [0, 0.05) is 23.2 Å². The van der Waals surface area contributed by atoms with E-state index in [1.165, 1.54) is 11.8 Å². The number of hydrogen-bond donors (Lipinski definition) is 2. The highest BCUT2D eigenvalue weighted by Gasteiger charge is 2.16. The van der Waals surface area contributed by atoms with Gasteiger partial charge in [0.1, 0.15) is 5.75 Å². The van der Waals surface area contributed by atoms with Gasteiger partial charge in [-0.3, -0.25) is 9.59 Å². The van der Waals surface area contributed by atoms with Crippen LogP contribution in [0.25, 0.3) is 0 Å². The van der Waals surface area contributed by atoms with Gasteiger partial charge in [-0.25, -0.2) is 0 Å². The van der Waals surface area contributed by atoms with Crippen LogP contribution in [0.3, 0.4) is 0 Å². The smallest absolute Gasteiger partial charge is 0.257 e. The summed E-state index contributed by atoms with van der Waals surface area (Å²) < 4.78 is 5.43. The summed E-state index contributed by atoms with van der Waals surface area (Å²) in [6.07, 6.45) is 0. The Balaban J connectivity index is 1.93. The van der Waals surface area contributed by atoms with Crippen molar-refractivity contribution >= 4 is 40.9 Å². The summed E-state index contributed by atoms with van der Waals surface area (Å²) in [5.74, 6) is 0.183. The minimum absolute atomic E-state index is 0.0655. The molecule has 0 aliphatic carbocycles. The van der Waals surface area contributed by atoms with Gasteiger partial charge in [-0.05, 0) is 38.1 Å². The lowest BCUT2D eigenvalue weighted by atomic mass is 10.3. The lowest BCUT2D eigenvalue weighted by Crippen LogP contribution is -2.28. The Morgan fingerprint density at radius 2 is 1.96 bits per heavy atom. The van der Waals surface area contributed by atoms with Gasteiger partial charge in [0.15, 0.2) is 6.61 Å². The van der Waals surface area contributed by atoms with Crippen LogP contribution in [0.15, 0.2) is 53.4 Å². The largest absolute Gasteiger partial charge is 0.484 e. The molecule has 0 spiro atoms. The minimum atomic E-state index is -0.324. The molecule has 26 heavy (non-hydrogen) atoms. The van der Waals surface area contributed by atoms with Gasteiger partial charge < -0.3 is 15.4 Å². The first-order valence-electron chi connectivity index (χ1n) is 8.21.